The summed E-state index contributed by atoms with van der Waals surface area (Å²) in [5.74, 6) is 2.36. The Morgan fingerprint density at radius 2 is 1.40 bits per heavy atom. The lowest BCUT2D eigenvalue weighted by Gasteiger charge is -2.34. The normalized spacial score (nSPS) is 19.1. The monoisotopic (exact) mass is 282 g/mol. The Morgan fingerprint density at radius 3 is 1.80 bits per heavy atom. The van der Waals surface area contributed by atoms with Gasteiger partial charge in [-0.15, -0.1) is 0 Å². The zero-order valence-electron chi connectivity index (χ0n) is 14.8. The predicted molar refractivity (Wildman–Crippen MR) is 90.1 cm³/mol. The van der Waals surface area contributed by atoms with Gasteiger partial charge in [-0.25, -0.2) is 0 Å². The minimum Gasteiger partial charge on any atom is -0.314 e. The molecule has 0 radical (unpaired) electrons. The molecule has 0 aromatic heterocycles. The molecule has 2 heteroatoms. The van der Waals surface area contributed by atoms with Gasteiger partial charge in [0.2, 0.25) is 0 Å². The molecule has 0 heterocycles. The van der Waals surface area contributed by atoms with Gasteiger partial charge >= 0.3 is 0 Å². The highest BCUT2D eigenvalue weighted by Gasteiger charge is 2.24. The van der Waals surface area contributed by atoms with Crippen molar-refractivity contribution in [2.75, 3.05) is 19.6 Å². The molecule has 120 valence electrons. The summed E-state index contributed by atoms with van der Waals surface area (Å²) in [5.41, 5.74) is 0. The van der Waals surface area contributed by atoms with Crippen molar-refractivity contribution in [1.82, 2.24) is 10.2 Å². The van der Waals surface area contributed by atoms with Gasteiger partial charge < -0.3 is 10.2 Å². The van der Waals surface area contributed by atoms with Gasteiger partial charge in [0.25, 0.3) is 0 Å². The molecule has 0 bridgehead atoms. The van der Waals surface area contributed by atoms with Crippen LogP contribution in [0.5, 0.6) is 0 Å². The number of hydrogen-bond acceptors (Lipinski definition) is 2. The SMILES string of the molecule is CC(C)CCN(CCC(C)C)C(C)C(C)CNC1CC1. The average Bonchev–Trinajstić information content (AvgIpc) is 3.18. The molecule has 1 rings (SSSR count). The first-order valence-electron chi connectivity index (χ1n) is 8.87. The predicted octanol–water partition coefficient (Wildman–Crippen LogP) is 4.16. The highest BCUT2D eigenvalue weighted by molar-refractivity contribution is 4.83. The van der Waals surface area contributed by atoms with Crippen molar-refractivity contribution in [3.8, 4) is 0 Å². The Morgan fingerprint density at radius 1 is 0.900 bits per heavy atom. The maximum Gasteiger partial charge on any atom is 0.0105 e. The van der Waals surface area contributed by atoms with Crippen LogP contribution < -0.4 is 5.32 Å². The van der Waals surface area contributed by atoms with Gasteiger partial charge in [-0.1, -0.05) is 34.6 Å². The van der Waals surface area contributed by atoms with Crippen LogP contribution in [0.4, 0.5) is 0 Å². The Kier molecular flexibility index (Phi) is 8.13. The molecule has 1 saturated carbocycles. The molecule has 0 saturated heterocycles. The lowest BCUT2D eigenvalue weighted by Crippen LogP contribution is -2.43. The zero-order valence-corrected chi connectivity index (χ0v) is 14.8. The summed E-state index contributed by atoms with van der Waals surface area (Å²) in [7, 11) is 0. The Labute approximate surface area is 127 Å². The third kappa shape index (κ3) is 7.64. The Bertz CT molecular complexity index is 234. The minimum absolute atomic E-state index is 0.693. The lowest BCUT2D eigenvalue weighted by molar-refractivity contribution is 0.144. The van der Waals surface area contributed by atoms with E-state index in [-0.39, 0.29) is 0 Å². The van der Waals surface area contributed by atoms with Crippen LogP contribution >= 0.6 is 0 Å². The smallest absolute Gasteiger partial charge is 0.0105 e. The third-order valence-electron chi connectivity index (χ3n) is 4.69. The first-order chi connectivity index (χ1) is 9.40. The van der Waals surface area contributed by atoms with Gasteiger partial charge in [-0.3, -0.25) is 0 Å². The van der Waals surface area contributed by atoms with Crippen LogP contribution in [0.25, 0.3) is 0 Å². The van der Waals surface area contributed by atoms with Crippen LogP contribution in [0.2, 0.25) is 0 Å². The second-order valence-electron chi connectivity index (χ2n) is 7.80. The van der Waals surface area contributed by atoms with Crippen molar-refractivity contribution >= 4 is 0 Å². The molecule has 0 aliphatic heterocycles. The van der Waals surface area contributed by atoms with E-state index in [1.807, 2.05) is 0 Å². The van der Waals surface area contributed by atoms with Crippen LogP contribution in [0, 0.1) is 17.8 Å². The standard InChI is InChI=1S/C18H38N2/c1-14(2)9-11-20(12-10-15(3)4)17(6)16(5)13-19-18-7-8-18/h14-19H,7-13H2,1-6H3. The second-order valence-corrected chi connectivity index (χ2v) is 7.80. The first kappa shape index (κ1) is 18.0. The van der Waals surface area contributed by atoms with E-state index < -0.39 is 0 Å². The molecule has 1 aliphatic carbocycles. The number of nitrogens with one attached hydrogen (secondary N) is 1. The summed E-state index contributed by atoms with van der Waals surface area (Å²) in [6.45, 7) is 17.9. The molecule has 0 amide bonds. The second kappa shape index (κ2) is 9.04. The highest BCUT2D eigenvalue weighted by Crippen LogP contribution is 2.20. The number of rotatable bonds is 11. The molecule has 2 nitrogen and oxygen atoms in total. The van der Waals surface area contributed by atoms with Crippen molar-refractivity contribution in [3.63, 3.8) is 0 Å². The van der Waals surface area contributed by atoms with E-state index in [2.05, 4.69) is 51.8 Å². The van der Waals surface area contributed by atoms with E-state index in [0.29, 0.717) is 6.04 Å². The largest absolute Gasteiger partial charge is 0.314 e. The molecule has 0 spiro atoms. The molecule has 0 aromatic carbocycles. The first-order valence-corrected chi connectivity index (χ1v) is 8.87. The van der Waals surface area contributed by atoms with E-state index in [0.717, 1.165) is 23.8 Å². The van der Waals surface area contributed by atoms with Crippen LogP contribution in [0.3, 0.4) is 0 Å². The molecular formula is C18H38N2. The molecule has 1 aliphatic rings. The van der Waals surface area contributed by atoms with Gasteiger partial charge in [-0.05, 0) is 70.0 Å². The van der Waals surface area contributed by atoms with E-state index in [1.54, 1.807) is 0 Å². The van der Waals surface area contributed by atoms with Crippen LogP contribution in [0.15, 0.2) is 0 Å². The molecule has 0 aromatic rings. The van der Waals surface area contributed by atoms with Crippen LogP contribution in [-0.2, 0) is 0 Å². The summed E-state index contributed by atoms with van der Waals surface area (Å²) >= 11 is 0. The van der Waals surface area contributed by atoms with E-state index in [4.69, 9.17) is 0 Å². The summed E-state index contributed by atoms with van der Waals surface area (Å²) in [6, 6.07) is 1.53. The lowest BCUT2D eigenvalue weighted by atomic mass is 9.99. The summed E-state index contributed by atoms with van der Waals surface area (Å²) in [4.78, 5) is 2.74. The van der Waals surface area contributed by atoms with Crippen LogP contribution in [0.1, 0.15) is 67.2 Å². The molecule has 20 heavy (non-hydrogen) atoms. The number of hydrogen-bond donors (Lipinski definition) is 1. The summed E-state index contributed by atoms with van der Waals surface area (Å²) < 4.78 is 0. The molecule has 2 unspecified atom stereocenters. The quantitative estimate of drug-likeness (QED) is 0.612. The zero-order chi connectivity index (χ0) is 15.1. The molecule has 1 N–H and O–H groups in total. The Hall–Kier alpha value is -0.0800. The molecule has 2 atom stereocenters. The van der Waals surface area contributed by atoms with Crippen molar-refractivity contribution in [1.29, 1.82) is 0 Å². The van der Waals surface area contributed by atoms with Crippen LogP contribution in [-0.4, -0.2) is 36.6 Å². The fourth-order valence-corrected chi connectivity index (χ4v) is 2.54. The van der Waals surface area contributed by atoms with E-state index in [1.165, 1.54) is 45.3 Å². The minimum atomic E-state index is 0.693. The third-order valence-corrected chi connectivity index (χ3v) is 4.69. The van der Waals surface area contributed by atoms with Crippen molar-refractivity contribution < 1.29 is 0 Å². The van der Waals surface area contributed by atoms with Gasteiger partial charge in [0.15, 0.2) is 0 Å². The summed E-state index contributed by atoms with van der Waals surface area (Å²) in [5, 5.41) is 3.70. The highest BCUT2D eigenvalue weighted by atomic mass is 15.2. The van der Waals surface area contributed by atoms with Gasteiger partial charge in [0.05, 0.1) is 0 Å². The summed E-state index contributed by atoms with van der Waals surface area (Å²) in [6.07, 6.45) is 5.44. The molecular weight excluding hydrogens is 244 g/mol. The van der Waals surface area contributed by atoms with Gasteiger partial charge in [0, 0.05) is 12.1 Å². The van der Waals surface area contributed by atoms with Crippen molar-refractivity contribution in [3.05, 3.63) is 0 Å². The van der Waals surface area contributed by atoms with Crippen molar-refractivity contribution in [2.45, 2.75) is 79.3 Å². The maximum atomic E-state index is 3.70. The fourth-order valence-electron chi connectivity index (χ4n) is 2.54. The van der Waals surface area contributed by atoms with E-state index in [9.17, 15) is 0 Å². The Balaban J connectivity index is 2.39. The van der Waals surface area contributed by atoms with E-state index >= 15 is 0 Å². The number of nitrogens with zero attached hydrogens (tertiary/aromatic N) is 1. The molecule has 1 fully saturated rings. The van der Waals surface area contributed by atoms with Crippen molar-refractivity contribution in [2.24, 2.45) is 17.8 Å². The van der Waals surface area contributed by atoms with Gasteiger partial charge in [0.1, 0.15) is 0 Å². The average molecular weight is 283 g/mol. The maximum absolute atomic E-state index is 3.70. The van der Waals surface area contributed by atoms with Gasteiger partial charge in [-0.2, -0.15) is 0 Å². The topological polar surface area (TPSA) is 15.3 Å². The fraction of sp³-hybridized carbons (Fsp3) is 1.00.